The third kappa shape index (κ3) is 5.32. The Kier molecular flexibility index (Phi) is 7.82. The lowest BCUT2D eigenvalue weighted by molar-refractivity contribution is -0.384. The van der Waals surface area contributed by atoms with E-state index in [1.165, 1.54) is 40.7 Å². The number of nitrogens with one attached hydrogen (secondary N) is 1. The van der Waals surface area contributed by atoms with E-state index in [9.17, 15) is 19.7 Å². The van der Waals surface area contributed by atoms with Gasteiger partial charge in [-0.05, 0) is 24.0 Å². The second kappa shape index (κ2) is 11.0. The Balaban J connectivity index is 2.24. The zero-order valence-corrected chi connectivity index (χ0v) is 19.2. The number of hydrogen-bond acceptors (Lipinski definition) is 9. The average molecular weight is 484 g/mol. The minimum Gasteiger partial charge on any atom is -0.452 e. The number of hydrogen-bond donors (Lipinski definition) is 1. The predicted octanol–water partition coefficient (Wildman–Crippen LogP) is 3.91. The number of carbonyl (C=O) groups is 2. The van der Waals surface area contributed by atoms with Crippen molar-refractivity contribution in [2.45, 2.75) is 5.16 Å². The molecule has 0 spiro atoms. The van der Waals surface area contributed by atoms with Crippen LogP contribution in [0.3, 0.4) is 0 Å². The highest BCUT2D eigenvalue weighted by Gasteiger charge is 2.30. The van der Waals surface area contributed by atoms with E-state index in [1.807, 2.05) is 30.3 Å². The van der Waals surface area contributed by atoms with Crippen molar-refractivity contribution in [3.8, 4) is 11.3 Å². The first-order valence-electron chi connectivity index (χ1n) is 9.63. The Morgan fingerprint density at radius 3 is 2.38 bits per heavy atom. The standard InChI is InChI=1S/C21H20N6O6S/c1-32-20(28)24-26(21(29)33-2)18-17(15-9-11-16(12-10-15)27(30)31)23-19(34-3)25(18)22-13-14-7-5-4-6-8-14/h4-13H,1-3H3,(H,24,28)/b22-13+. The van der Waals surface area contributed by atoms with Gasteiger partial charge in [-0.1, -0.05) is 42.1 Å². The monoisotopic (exact) mass is 484 g/mol. The Morgan fingerprint density at radius 2 is 1.82 bits per heavy atom. The van der Waals surface area contributed by atoms with E-state index in [4.69, 9.17) is 4.74 Å². The summed E-state index contributed by atoms with van der Waals surface area (Å²) >= 11 is 1.24. The normalized spacial score (nSPS) is 10.7. The average Bonchev–Trinajstić information content (AvgIpc) is 3.24. The van der Waals surface area contributed by atoms with Crippen molar-refractivity contribution in [2.75, 3.05) is 25.5 Å². The first-order valence-corrected chi connectivity index (χ1v) is 10.9. The largest absolute Gasteiger partial charge is 0.452 e. The van der Waals surface area contributed by atoms with Crippen molar-refractivity contribution in [3.05, 3.63) is 70.3 Å². The van der Waals surface area contributed by atoms with Gasteiger partial charge in [0.15, 0.2) is 11.0 Å². The lowest BCUT2D eigenvalue weighted by Gasteiger charge is -2.22. The number of thioether (sulfide) groups is 1. The lowest BCUT2D eigenvalue weighted by atomic mass is 10.1. The second-order valence-electron chi connectivity index (χ2n) is 6.45. The van der Waals surface area contributed by atoms with Gasteiger partial charge in [0.2, 0.25) is 0 Å². The molecule has 2 amide bonds. The van der Waals surface area contributed by atoms with Gasteiger partial charge < -0.3 is 9.47 Å². The molecule has 2 aromatic carbocycles. The fourth-order valence-electron chi connectivity index (χ4n) is 2.83. The number of rotatable bonds is 6. The molecular formula is C21H20N6O6S. The Labute approximate surface area is 198 Å². The fourth-order valence-corrected chi connectivity index (χ4v) is 3.32. The topological polar surface area (TPSA) is 141 Å². The number of methoxy groups -OCH3 is 2. The first-order chi connectivity index (χ1) is 16.4. The highest BCUT2D eigenvalue weighted by Crippen LogP contribution is 2.35. The maximum Gasteiger partial charge on any atom is 0.434 e. The van der Waals surface area contributed by atoms with Crippen molar-refractivity contribution in [1.29, 1.82) is 0 Å². The number of anilines is 1. The summed E-state index contributed by atoms with van der Waals surface area (Å²) in [5.41, 5.74) is 3.60. The summed E-state index contributed by atoms with van der Waals surface area (Å²) in [6, 6.07) is 14.8. The van der Waals surface area contributed by atoms with Gasteiger partial charge in [0, 0.05) is 17.7 Å². The Bertz CT molecular complexity index is 1210. The van der Waals surface area contributed by atoms with Crippen LogP contribution in [0.15, 0.2) is 64.9 Å². The molecule has 0 radical (unpaired) electrons. The number of ether oxygens (including phenoxy) is 2. The molecule has 0 saturated carbocycles. The van der Waals surface area contributed by atoms with Crippen LogP contribution < -0.4 is 10.4 Å². The van der Waals surface area contributed by atoms with Crippen LogP contribution in [-0.4, -0.2) is 53.5 Å². The van der Waals surface area contributed by atoms with Crippen molar-refractivity contribution in [1.82, 2.24) is 15.1 Å². The quantitative estimate of drug-likeness (QED) is 0.240. The van der Waals surface area contributed by atoms with Gasteiger partial charge in [0.05, 0.1) is 25.4 Å². The van der Waals surface area contributed by atoms with Gasteiger partial charge in [-0.15, -0.1) is 0 Å². The van der Waals surface area contributed by atoms with Crippen LogP contribution in [0.2, 0.25) is 0 Å². The SMILES string of the molecule is COC(=O)NN(C(=O)OC)c1c(-c2ccc([N+](=O)[O-])cc2)nc(SC)n1/N=C/c1ccccc1. The van der Waals surface area contributed by atoms with E-state index >= 15 is 0 Å². The van der Waals surface area contributed by atoms with Gasteiger partial charge in [0.1, 0.15) is 5.69 Å². The summed E-state index contributed by atoms with van der Waals surface area (Å²) in [5, 5.41) is 16.7. The Morgan fingerprint density at radius 1 is 1.15 bits per heavy atom. The fraction of sp³-hybridized carbons (Fsp3) is 0.143. The van der Waals surface area contributed by atoms with Crippen LogP contribution in [0.5, 0.6) is 0 Å². The number of nitro benzene ring substituents is 1. The molecule has 0 aliphatic rings. The third-order valence-corrected chi connectivity index (χ3v) is 5.04. The molecule has 12 nitrogen and oxygen atoms in total. The molecule has 0 aliphatic heterocycles. The molecule has 0 atom stereocenters. The van der Waals surface area contributed by atoms with E-state index in [1.54, 1.807) is 12.5 Å². The van der Waals surface area contributed by atoms with E-state index in [0.717, 1.165) is 24.8 Å². The smallest absolute Gasteiger partial charge is 0.434 e. The molecule has 1 aromatic heterocycles. The van der Waals surface area contributed by atoms with Gasteiger partial charge in [-0.2, -0.15) is 14.8 Å². The van der Waals surface area contributed by atoms with Gasteiger partial charge in [-0.3, -0.25) is 10.1 Å². The van der Waals surface area contributed by atoms with Gasteiger partial charge in [0.25, 0.3) is 5.69 Å². The molecule has 0 saturated heterocycles. The molecule has 13 heteroatoms. The second-order valence-corrected chi connectivity index (χ2v) is 7.22. The summed E-state index contributed by atoms with van der Waals surface area (Å²) in [4.78, 5) is 39.8. The number of carbonyl (C=O) groups excluding carboxylic acids is 2. The van der Waals surface area contributed by atoms with Crippen molar-refractivity contribution < 1.29 is 24.0 Å². The van der Waals surface area contributed by atoms with Crippen LogP contribution in [0.4, 0.5) is 21.1 Å². The molecule has 3 aromatic rings. The number of non-ortho nitro benzene ring substituents is 1. The van der Waals surface area contributed by atoms with Crippen LogP contribution in [0, 0.1) is 10.1 Å². The summed E-state index contributed by atoms with van der Waals surface area (Å²) in [6.45, 7) is 0. The molecule has 176 valence electrons. The van der Waals surface area contributed by atoms with Crippen LogP contribution in [0.1, 0.15) is 5.56 Å². The van der Waals surface area contributed by atoms with E-state index in [2.05, 4.69) is 20.2 Å². The first kappa shape index (κ1) is 24.3. The highest BCUT2D eigenvalue weighted by atomic mass is 32.2. The number of amides is 2. The van der Waals surface area contributed by atoms with Crippen molar-refractivity contribution in [2.24, 2.45) is 5.10 Å². The zero-order valence-electron chi connectivity index (χ0n) is 18.4. The molecule has 1 heterocycles. The van der Waals surface area contributed by atoms with Crippen molar-refractivity contribution >= 4 is 41.7 Å². The molecular weight excluding hydrogens is 464 g/mol. The summed E-state index contributed by atoms with van der Waals surface area (Å²) in [5.74, 6) is 0.0302. The van der Waals surface area contributed by atoms with Crippen molar-refractivity contribution in [3.63, 3.8) is 0 Å². The third-order valence-electron chi connectivity index (χ3n) is 4.41. The van der Waals surface area contributed by atoms with Crippen LogP contribution in [0.25, 0.3) is 11.3 Å². The van der Waals surface area contributed by atoms with E-state index in [-0.39, 0.29) is 17.2 Å². The molecule has 0 unspecified atom stereocenters. The maximum absolute atomic E-state index is 12.7. The predicted molar refractivity (Wildman–Crippen MR) is 126 cm³/mol. The maximum atomic E-state index is 12.7. The lowest BCUT2D eigenvalue weighted by Crippen LogP contribution is -2.47. The minimum atomic E-state index is -0.947. The molecule has 0 bridgehead atoms. The number of hydrazine groups is 1. The number of imidazole rings is 1. The zero-order chi connectivity index (χ0) is 24.7. The number of nitro groups is 1. The molecule has 1 N–H and O–H groups in total. The molecule has 34 heavy (non-hydrogen) atoms. The van der Waals surface area contributed by atoms with Gasteiger partial charge in [-0.25, -0.2) is 20.0 Å². The Hall–Kier alpha value is -4.39. The number of benzene rings is 2. The van der Waals surface area contributed by atoms with Crippen LogP contribution in [-0.2, 0) is 9.47 Å². The molecule has 3 rings (SSSR count). The van der Waals surface area contributed by atoms with Gasteiger partial charge >= 0.3 is 12.2 Å². The summed E-state index contributed by atoms with van der Waals surface area (Å²) < 4.78 is 10.8. The summed E-state index contributed by atoms with van der Waals surface area (Å²) in [7, 11) is 2.28. The molecule has 0 aliphatic carbocycles. The summed E-state index contributed by atoms with van der Waals surface area (Å²) in [6.07, 6.45) is 1.43. The number of aromatic nitrogens is 2. The van der Waals surface area contributed by atoms with Crippen LogP contribution >= 0.6 is 11.8 Å². The minimum absolute atomic E-state index is 0.0302. The number of nitrogens with zero attached hydrogens (tertiary/aromatic N) is 5. The molecule has 0 fully saturated rings. The highest BCUT2D eigenvalue weighted by molar-refractivity contribution is 7.98. The van der Waals surface area contributed by atoms with E-state index < -0.39 is 17.1 Å². The van der Waals surface area contributed by atoms with E-state index in [0.29, 0.717) is 10.7 Å².